The van der Waals surface area contributed by atoms with Crippen molar-refractivity contribution in [2.75, 3.05) is 19.0 Å². The molecule has 1 spiro atoms. The number of rotatable bonds is 6. The number of fused-ring (bicyclic) bond motifs is 2. The first-order valence-electron chi connectivity index (χ1n) is 11.0. The van der Waals surface area contributed by atoms with Gasteiger partial charge < -0.3 is 15.2 Å². The average molecular weight is 440 g/mol. The van der Waals surface area contributed by atoms with Crippen LogP contribution in [0.5, 0.6) is 0 Å². The lowest BCUT2D eigenvalue weighted by Crippen LogP contribution is -2.52. The van der Waals surface area contributed by atoms with Gasteiger partial charge in [0.15, 0.2) is 0 Å². The number of carbonyl (C=O) groups excluding carboxylic acids is 1. The molecule has 164 valence electrons. The van der Waals surface area contributed by atoms with Crippen molar-refractivity contribution in [3.05, 3.63) is 70.3 Å². The van der Waals surface area contributed by atoms with Gasteiger partial charge in [-0.3, -0.25) is 0 Å². The highest BCUT2D eigenvalue weighted by Crippen LogP contribution is 2.55. The molecule has 2 aliphatic rings. The number of methoxy groups -OCH3 is 1. The SMILES string of the molecule is COC(=O)C1(Nc2cccc(Cl)c2)CCC2(CC1)C(C[C@@H](C)CO)=Cc1ccccc12. The Labute approximate surface area is 189 Å². The molecule has 5 heteroatoms. The summed E-state index contributed by atoms with van der Waals surface area (Å²) in [6.45, 7) is 2.26. The molecular formula is C26H30ClNO3. The maximum atomic E-state index is 13.0. The van der Waals surface area contributed by atoms with Crippen LogP contribution in [0.4, 0.5) is 5.69 Å². The molecule has 0 bridgehead atoms. The molecule has 0 saturated heterocycles. The minimum absolute atomic E-state index is 0.0897. The van der Waals surface area contributed by atoms with Gasteiger partial charge >= 0.3 is 5.97 Å². The summed E-state index contributed by atoms with van der Waals surface area (Å²) >= 11 is 6.17. The van der Waals surface area contributed by atoms with E-state index in [2.05, 4.69) is 42.6 Å². The van der Waals surface area contributed by atoms with Gasteiger partial charge in [-0.05, 0) is 67.3 Å². The van der Waals surface area contributed by atoms with Crippen LogP contribution < -0.4 is 5.32 Å². The summed E-state index contributed by atoms with van der Waals surface area (Å²) < 4.78 is 5.24. The molecule has 4 nitrogen and oxygen atoms in total. The predicted octanol–water partition coefficient (Wildman–Crippen LogP) is 5.59. The molecule has 2 aromatic carbocycles. The Morgan fingerprint density at radius 2 is 1.90 bits per heavy atom. The maximum Gasteiger partial charge on any atom is 0.331 e. The minimum atomic E-state index is -0.782. The number of allylic oxidation sites excluding steroid dienone is 1. The number of carbonyl (C=O) groups is 1. The normalized spacial score (nSPS) is 25.6. The summed E-state index contributed by atoms with van der Waals surface area (Å²) in [6, 6.07) is 16.0. The van der Waals surface area contributed by atoms with E-state index >= 15 is 0 Å². The fraction of sp³-hybridized carbons (Fsp3) is 0.423. The molecule has 2 aromatic rings. The number of halogens is 1. The van der Waals surface area contributed by atoms with Crippen LogP contribution in [0, 0.1) is 5.92 Å². The third kappa shape index (κ3) is 3.99. The van der Waals surface area contributed by atoms with E-state index in [9.17, 15) is 9.90 Å². The molecule has 0 radical (unpaired) electrons. The summed E-state index contributed by atoms with van der Waals surface area (Å²) in [5.74, 6) is -0.0304. The topological polar surface area (TPSA) is 58.6 Å². The molecule has 0 unspecified atom stereocenters. The molecule has 0 amide bonds. The lowest BCUT2D eigenvalue weighted by molar-refractivity contribution is -0.147. The molecular weight excluding hydrogens is 410 g/mol. The molecule has 2 N–H and O–H groups in total. The fourth-order valence-electron chi connectivity index (χ4n) is 5.36. The van der Waals surface area contributed by atoms with Crippen LogP contribution in [0.15, 0.2) is 54.1 Å². The van der Waals surface area contributed by atoms with Gasteiger partial charge in [0.05, 0.1) is 7.11 Å². The van der Waals surface area contributed by atoms with Crippen LogP contribution in [-0.2, 0) is 14.9 Å². The van der Waals surface area contributed by atoms with Gasteiger partial charge in [0.25, 0.3) is 0 Å². The van der Waals surface area contributed by atoms with Crippen LogP contribution in [0.3, 0.4) is 0 Å². The van der Waals surface area contributed by atoms with Crippen molar-refractivity contribution in [1.82, 2.24) is 0 Å². The first-order valence-corrected chi connectivity index (χ1v) is 11.3. The van der Waals surface area contributed by atoms with E-state index in [1.54, 1.807) is 0 Å². The van der Waals surface area contributed by atoms with Gasteiger partial charge in [-0.25, -0.2) is 4.79 Å². The Morgan fingerprint density at radius 1 is 1.16 bits per heavy atom. The molecule has 31 heavy (non-hydrogen) atoms. The first kappa shape index (κ1) is 21.9. The van der Waals surface area contributed by atoms with Gasteiger partial charge in [-0.1, -0.05) is 60.5 Å². The standard InChI is InChI=1S/C26H30ClNO3/c1-18(17-29)14-20-15-19-6-3-4-9-23(19)25(20)10-12-26(13-11-25,24(30)31-2)28-22-8-5-7-21(27)16-22/h3-9,15-16,18,28-29H,10-14,17H2,1-2H3/t18-,25?,26?/m1/s1. The fourth-order valence-corrected chi connectivity index (χ4v) is 5.55. The zero-order valence-corrected chi connectivity index (χ0v) is 18.9. The van der Waals surface area contributed by atoms with Crippen LogP contribution in [0.25, 0.3) is 6.08 Å². The third-order valence-electron chi connectivity index (χ3n) is 7.04. The van der Waals surface area contributed by atoms with Crippen molar-refractivity contribution >= 4 is 29.3 Å². The number of nitrogens with one attached hydrogen (secondary N) is 1. The molecule has 2 aliphatic carbocycles. The van der Waals surface area contributed by atoms with E-state index in [0.717, 1.165) is 24.9 Å². The van der Waals surface area contributed by atoms with Crippen LogP contribution in [0.2, 0.25) is 5.02 Å². The van der Waals surface area contributed by atoms with E-state index < -0.39 is 5.54 Å². The number of hydrogen-bond acceptors (Lipinski definition) is 4. The summed E-state index contributed by atoms with van der Waals surface area (Å²) in [4.78, 5) is 13.0. The van der Waals surface area contributed by atoms with E-state index in [-0.39, 0.29) is 23.9 Å². The highest BCUT2D eigenvalue weighted by Gasteiger charge is 2.51. The zero-order valence-electron chi connectivity index (χ0n) is 18.2. The van der Waals surface area contributed by atoms with Gasteiger partial charge in [0.1, 0.15) is 5.54 Å². The van der Waals surface area contributed by atoms with Crippen molar-refractivity contribution in [2.45, 2.75) is 50.0 Å². The summed E-state index contributed by atoms with van der Waals surface area (Å²) in [5.41, 5.74) is 3.93. The van der Waals surface area contributed by atoms with E-state index in [1.165, 1.54) is 23.8 Å². The molecule has 1 fully saturated rings. The van der Waals surface area contributed by atoms with E-state index in [0.29, 0.717) is 17.9 Å². The van der Waals surface area contributed by atoms with Crippen molar-refractivity contribution in [3.63, 3.8) is 0 Å². The number of esters is 1. The summed E-state index contributed by atoms with van der Waals surface area (Å²) in [6.07, 6.45) is 6.17. The second-order valence-corrected chi connectivity index (χ2v) is 9.48. The van der Waals surface area contributed by atoms with Crippen molar-refractivity contribution < 1.29 is 14.6 Å². The van der Waals surface area contributed by atoms with Gasteiger partial charge in [-0.2, -0.15) is 0 Å². The molecule has 1 atom stereocenters. The number of aliphatic hydroxyl groups is 1. The maximum absolute atomic E-state index is 13.0. The van der Waals surface area contributed by atoms with Crippen molar-refractivity contribution in [3.8, 4) is 0 Å². The minimum Gasteiger partial charge on any atom is -0.467 e. The number of hydrogen-bond donors (Lipinski definition) is 2. The van der Waals surface area contributed by atoms with Gasteiger partial charge in [-0.15, -0.1) is 0 Å². The van der Waals surface area contributed by atoms with Crippen LogP contribution in [0.1, 0.15) is 50.2 Å². The highest BCUT2D eigenvalue weighted by molar-refractivity contribution is 6.30. The number of anilines is 1. The van der Waals surface area contributed by atoms with Crippen molar-refractivity contribution in [2.24, 2.45) is 5.92 Å². The zero-order chi connectivity index (χ0) is 22.1. The molecule has 0 aromatic heterocycles. The Morgan fingerprint density at radius 3 is 2.58 bits per heavy atom. The smallest absolute Gasteiger partial charge is 0.331 e. The summed E-state index contributed by atoms with van der Waals surface area (Å²) in [5, 5.41) is 13.8. The molecule has 0 aliphatic heterocycles. The lowest BCUT2D eigenvalue weighted by Gasteiger charge is -2.46. The Bertz CT molecular complexity index is 992. The highest BCUT2D eigenvalue weighted by atomic mass is 35.5. The van der Waals surface area contributed by atoms with Gasteiger partial charge in [0, 0.05) is 22.7 Å². The Balaban J connectivity index is 1.66. The van der Waals surface area contributed by atoms with E-state index in [4.69, 9.17) is 16.3 Å². The van der Waals surface area contributed by atoms with Crippen LogP contribution >= 0.6 is 11.6 Å². The quantitative estimate of drug-likeness (QED) is 0.576. The number of ether oxygens (including phenoxy) is 1. The number of benzene rings is 2. The van der Waals surface area contributed by atoms with Crippen molar-refractivity contribution in [1.29, 1.82) is 0 Å². The first-order chi connectivity index (χ1) is 14.9. The monoisotopic (exact) mass is 439 g/mol. The van der Waals surface area contributed by atoms with E-state index in [1.807, 2.05) is 24.3 Å². The Hall–Kier alpha value is -2.30. The number of aliphatic hydroxyl groups excluding tert-OH is 1. The second-order valence-electron chi connectivity index (χ2n) is 9.04. The second kappa shape index (κ2) is 8.68. The predicted molar refractivity (Wildman–Crippen MR) is 125 cm³/mol. The summed E-state index contributed by atoms with van der Waals surface area (Å²) in [7, 11) is 1.45. The molecule has 1 saturated carbocycles. The lowest BCUT2D eigenvalue weighted by atomic mass is 9.61. The molecule has 4 rings (SSSR count). The largest absolute Gasteiger partial charge is 0.467 e. The molecule has 0 heterocycles. The Kier molecular flexibility index (Phi) is 6.14. The third-order valence-corrected chi connectivity index (χ3v) is 7.28. The van der Waals surface area contributed by atoms with Crippen LogP contribution in [-0.4, -0.2) is 30.3 Å². The average Bonchev–Trinajstić information content (AvgIpc) is 3.07. The van der Waals surface area contributed by atoms with Gasteiger partial charge in [0.2, 0.25) is 0 Å².